The van der Waals surface area contributed by atoms with Gasteiger partial charge in [0.05, 0.1) is 10.1 Å². The third-order valence-corrected chi connectivity index (χ3v) is 5.76. The fourth-order valence-electron chi connectivity index (χ4n) is 2.25. The van der Waals surface area contributed by atoms with Crippen LogP contribution in [0.25, 0.3) is 0 Å². The van der Waals surface area contributed by atoms with Gasteiger partial charge in [-0.3, -0.25) is 4.79 Å². The molecule has 0 heterocycles. The van der Waals surface area contributed by atoms with Crippen LogP contribution in [-0.2, 0) is 16.3 Å². The first-order valence-electron chi connectivity index (χ1n) is 7.02. The normalized spacial score (nSPS) is 12.7. The minimum Gasteiger partial charge on any atom is -0.366 e. The highest BCUT2D eigenvalue weighted by Gasteiger charge is 2.27. The maximum Gasteiger partial charge on any atom is 0.248 e. The summed E-state index contributed by atoms with van der Waals surface area (Å²) >= 11 is 5.74. The summed E-state index contributed by atoms with van der Waals surface area (Å²) in [7, 11) is -3.60. The second-order valence-electron chi connectivity index (χ2n) is 5.05. The van der Waals surface area contributed by atoms with E-state index in [1.807, 2.05) is 30.3 Å². The molecule has 0 aliphatic heterocycles. The Morgan fingerprint density at radius 2 is 1.70 bits per heavy atom. The van der Waals surface area contributed by atoms with Crippen molar-refractivity contribution >= 4 is 27.3 Å². The largest absolute Gasteiger partial charge is 0.366 e. The molecule has 2 aromatic rings. The zero-order valence-corrected chi connectivity index (χ0v) is 13.9. The van der Waals surface area contributed by atoms with Crippen molar-refractivity contribution in [2.75, 3.05) is 5.88 Å². The van der Waals surface area contributed by atoms with Crippen LogP contribution in [0.1, 0.15) is 15.9 Å². The number of hydrogen-bond acceptors (Lipinski definition) is 3. The maximum absolute atomic E-state index is 12.8. The van der Waals surface area contributed by atoms with Crippen molar-refractivity contribution in [3.8, 4) is 0 Å². The molecule has 2 aromatic carbocycles. The lowest BCUT2D eigenvalue weighted by Crippen LogP contribution is -2.25. The molecule has 1 amide bonds. The third kappa shape index (κ3) is 4.33. The molecule has 0 aliphatic rings. The van der Waals surface area contributed by atoms with E-state index >= 15 is 0 Å². The van der Waals surface area contributed by atoms with Gasteiger partial charge in [0.1, 0.15) is 0 Å². The van der Waals surface area contributed by atoms with Crippen molar-refractivity contribution in [1.82, 2.24) is 0 Å². The van der Waals surface area contributed by atoms with Gasteiger partial charge in [-0.05, 0) is 42.7 Å². The molecule has 0 saturated heterocycles. The van der Waals surface area contributed by atoms with Crippen LogP contribution in [0.4, 0.5) is 0 Å². The van der Waals surface area contributed by atoms with Crippen molar-refractivity contribution in [3.63, 3.8) is 0 Å². The standard InChI is InChI=1S/C17H17ClNO3S/c18-11-10-16(12-13-4-2-1-3-5-13)23(21,22)15-8-6-14(7-9-15)17(19)20/h1-10,16H,11-12H2,(H2,19,20). The number of alkyl halides is 1. The molecule has 6 heteroatoms. The summed E-state index contributed by atoms with van der Waals surface area (Å²) in [6.45, 7) is 0. The van der Waals surface area contributed by atoms with E-state index in [1.165, 1.54) is 24.3 Å². The van der Waals surface area contributed by atoms with E-state index in [4.69, 9.17) is 17.3 Å². The van der Waals surface area contributed by atoms with Crippen molar-refractivity contribution < 1.29 is 13.2 Å². The van der Waals surface area contributed by atoms with E-state index in [-0.39, 0.29) is 16.3 Å². The second kappa shape index (κ2) is 7.62. The van der Waals surface area contributed by atoms with Crippen LogP contribution in [0, 0.1) is 6.42 Å². The van der Waals surface area contributed by atoms with Crippen LogP contribution >= 0.6 is 11.6 Å². The molecule has 1 radical (unpaired) electrons. The Bertz CT molecular complexity index is 758. The third-order valence-electron chi connectivity index (χ3n) is 3.50. The summed E-state index contributed by atoms with van der Waals surface area (Å²) in [6, 6.07) is 15.0. The van der Waals surface area contributed by atoms with Gasteiger partial charge in [0.25, 0.3) is 0 Å². The first-order chi connectivity index (χ1) is 10.9. The van der Waals surface area contributed by atoms with Crippen molar-refractivity contribution in [1.29, 1.82) is 0 Å². The van der Waals surface area contributed by atoms with E-state index in [0.29, 0.717) is 6.42 Å². The number of nitrogens with two attached hydrogens (primary N) is 1. The Morgan fingerprint density at radius 3 is 2.22 bits per heavy atom. The number of hydrogen-bond donors (Lipinski definition) is 1. The van der Waals surface area contributed by atoms with Crippen molar-refractivity contribution in [2.45, 2.75) is 16.6 Å². The number of halogens is 1. The maximum atomic E-state index is 12.8. The monoisotopic (exact) mass is 350 g/mol. The summed E-state index contributed by atoms with van der Waals surface area (Å²) < 4.78 is 25.6. The zero-order valence-electron chi connectivity index (χ0n) is 12.4. The molecule has 0 aromatic heterocycles. The van der Waals surface area contributed by atoms with E-state index < -0.39 is 21.0 Å². The lowest BCUT2D eigenvalue weighted by molar-refractivity contribution is 0.1000. The molecule has 0 fully saturated rings. The summed E-state index contributed by atoms with van der Waals surface area (Å²) in [5.41, 5.74) is 6.35. The zero-order chi connectivity index (χ0) is 16.9. The van der Waals surface area contributed by atoms with Gasteiger partial charge >= 0.3 is 0 Å². The molecule has 0 spiro atoms. The van der Waals surface area contributed by atoms with E-state index in [1.54, 1.807) is 6.42 Å². The van der Waals surface area contributed by atoms with Gasteiger partial charge in [-0.1, -0.05) is 30.3 Å². The number of sulfone groups is 1. The van der Waals surface area contributed by atoms with Gasteiger partial charge in [-0.2, -0.15) is 0 Å². The van der Waals surface area contributed by atoms with Gasteiger partial charge in [0, 0.05) is 11.4 Å². The van der Waals surface area contributed by atoms with Crippen LogP contribution in [0.15, 0.2) is 59.5 Å². The number of carbonyl (C=O) groups excluding carboxylic acids is 1. The molecule has 2 rings (SSSR count). The summed E-state index contributed by atoms with van der Waals surface area (Å²) in [6.07, 6.45) is 1.92. The fraction of sp³-hybridized carbons (Fsp3) is 0.176. The molecular weight excluding hydrogens is 334 g/mol. The Balaban J connectivity index is 2.30. The molecule has 0 bridgehead atoms. The minimum absolute atomic E-state index is 0.135. The first kappa shape index (κ1) is 17.5. The van der Waals surface area contributed by atoms with Crippen LogP contribution in [0.3, 0.4) is 0 Å². The van der Waals surface area contributed by atoms with Crippen LogP contribution < -0.4 is 5.73 Å². The van der Waals surface area contributed by atoms with Crippen molar-refractivity contribution in [2.24, 2.45) is 5.73 Å². The van der Waals surface area contributed by atoms with Crippen LogP contribution in [0.2, 0.25) is 0 Å². The number of benzene rings is 2. The van der Waals surface area contributed by atoms with E-state index in [0.717, 1.165) is 5.56 Å². The lowest BCUT2D eigenvalue weighted by Gasteiger charge is -2.17. The lowest BCUT2D eigenvalue weighted by atomic mass is 10.1. The molecule has 2 N–H and O–H groups in total. The number of primary amides is 1. The molecule has 1 unspecified atom stereocenters. The smallest absolute Gasteiger partial charge is 0.248 e. The molecule has 0 saturated carbocycles. The predicted molar refractivity (Wildman–Crippen MR) is 91.1 cm³/mol. The topological polar surface area (TPSA) is 77.2 Å². The average Bonchev–Trinajstić information content (AvgIpc) is 2.55. The van der Waals surface area contributed by atoms with E-state index in [9.17, 15) is 13.2 Å². The highest BCUT2D eigenvalue weighted by Crippen LogP contribution is 2.22. The Labute approximate surface area is 141 Å². The number of carbonyl (C=O) groups is 1. The Hall–Kier alpha value is -1.85. The molecule has 23 heavy (non-hydrogen) atoms. The SMILES string of the molecule is NC(=O)c1ccc(S(=O)(=O)C([CH]CCl)Cc2ccccc2)cc1. The minimum atomic E-state index is -3.60. The molecule has 4 nitrogen and oxygen atoms in total. The average molecular weight is 351 g/mol. The van der Waals surface area contributed by atoms with Crippen LogP contribution in [-0.4, -0.2) is 25.5 Å². The van der Waals surface area contributed by atoms with Gasteiger partial charge in [0.15, 0.2) is 9.84 Å². The predicted octanol–water partition coefficient (Wildman–Crippen LogP) is 2.61. The fourth-order valence-corrected chi connectivity index (χ4v) is 4.20. The quantitative estimate of drug-likeness (QED) is 0.780. The molecule has 0 aliphatic carbocycles. The summed E-state index contributed by atoms with van der Waals surface area (Å²) in [5.74, 6) is -0.460. The molecule has 1 atom stereocenters. The van der Waals surface area contributed by atoms with Gasteiger partial charge in [-0.15, -0.1) is 11.6 Å². The summed E-state index contributed by atoms with van der Waals surface area (Å²) in [4.78, 5) is 11.2. The van der Waals surface area contributed by atoms with Crippen molar-refractivity contribution in [3.05, 3.63) is 72.1 Å². The molecular formula is C17H17ClNO3S. The van der Waals surface area contributed by atoms with Gasteiger partial charge in [-0.25, -0.2) is 8.42 Å². The van der Waals surface area contributed by atoms with Gasteiger partial charge in [0.2, 0.25) is 5.91 Å². The molecule has 121 valence electrons. The highest BCUT2D eigenvalue weighted by atomic mass is 35.5. The van der Waals surface area contributed by atoms with E-state index in [2.05, 4.69) is 0 Å². The Kier molecular flexibility index (Phi) is 5.80. The number of amides is 1. The number of rotatable bonds is 7. The second-order valence-corrected chi connectivity index (χ2v) is 7.53. The van der Waals surface area contributed by atoms with Crippen LogP contribution in [0.5, 0.6) is 0 Å². The highest BCUT2D eigenvalue weighted by molar-refractivity contribution is 7.92. The first-order valence-corrected chi connectivity index (χ1v) is 9.10. The Morgan fingerprint density at radius 1 is 1.09 bits per heavy atom. The summed E-state index contributed by atoms with van der Waals surface area (Å²) in [5, 5.41) is -0.734. The van der Waals surface area contributed by atoms with Gasteiger partial charge < -0.3 is 5.73 Å².